The number of hydrogen-bond acceptors (Lipinski definition) is 2. The molecule has 2 aromatic rings. The van der Waals surface area contributed by atoms with Gasteiger partial charge in [0.05, 0.1) is 11.6 Å². The summed E-state index contributed by atoms with van der Waals surface area (Å²) >= 11 is 0. The number of carbonyl (C=O) groups excluding carboxylic acids is 1. The van der Waals surface area contributed by atoms with Gasteiger partial charge in [0.2, 0.25) is 0 Å². The molecular weight excluding hydrogens is 248 g/mol. The summed E-state index contributed by atoms with van der Waals surface area (Å²) in [4.78, 5) is 11.3. The highest BCUT2D eigenvalue weighted by Gasteiger charge is 2.30. The van der Waals surface area contributed by atoms with Crippen molar-refractivity contribution in [3.05, 3.63) is 41.1 Å². The van der Waals surface area contributed by atoms with E-state index in [1.165, 1.54) is 24.0 Å². The third-order valence-corrected chi connectivity index (χ3v) is 4.10. The quantitative estimate of drug-likeness (QED) is 0.787. The molecule has 0 N–H and O–H groups in total. The molecule has 0 amide bonds. The van der Waals surface area contributed by atoms with E-state index in [0.717, 1.165) is 23.5 Å². The molecule has 1 aliphatic carbocycles. The lowest BCUT2D eigenvalue weighted by Gasteiger charge is -2.10. The number of benzene rings is 1. The van der Waals surface area contributed by atoms with Gasteiger partial charge in [-0.25, -0.2) is 0 Å². The van der Waals surface area contributed by atoms with Crippen LogP contribution in [0.1, 0.15) is 47.3 Å². The van der Waals surface area contributed by atoms with Crippen molar-refractivity contribution in [2.45, 2.75) is 39.7 Å². The Kier molecular flexibility index (Phi) is 3.20. The molecule has 104 valence electrons. The minimum atomic E-state index is 0.383. The van der Waals surface area contributed by atoms with Crippen LogP contribution < -0.4 is 0 Å². The first-order chi connectivity index (χ1) is 9.58. The van der Waals surface area contributed by atoms with Crippen LogP contribution in [0.5, 0.6) is 0 Å². The molecule has 1 heterocycles. The van der Waals surface area contributed by atoms with Gasteiger partial charge in [-0.3, -0.25) is 9.48 Å². The summed E-state index contributed by atoms with van der Waals surface area (Å²) in [6, 6.07) is 6.70. The van der Waals surface area contributed by atoms with Crippen molar-refractivity contribution < 1.29 is 4.79 Å². The van der Waals surface area contributed by atoms with Crippen molar-refractivity contribution in [1.29, 1.82) is 0 Å². The number of carbonyl (C=O) groups is 1. The van der Waals surface area contributed by atoms with Gasteiger partial charge in [-0.2, -0.15) is 5.10 Å². The number of hydrogen-bond donors (Lipinski definition) is 0. The first-order valence-corrected chi connectivity index (χ1v) is 7.21. The van der Waals surface area contributed by atoms with Gasteiger partial charge in [0.1, 0.15) is 5.69 Å². The summed E-state index contributed by atoms with van der Waals surface area (Å²) in [7, 11) is 0. The van der Waals surface area contributed by atoms with Crippen LogP contribution in [0.4, 0.5) is 0 Å². The van der Waals surface area contributed by atoms with Crippen LogP contribution in [0.15, 0.2) is 24.4 Å². The number of aryl methyl sites for hydroxylation is 2. The zero-order chi connectivity index (χ0) is 14.3. The number of rotatable bonds is 4. The maximum Gasteiger partial charge on any atom is 0.153 e. The lowest BCUT2D eigenvalue weighted by Crippen LogP contribution is -2.07. The third kappa shape index (κ3) is 2.40. The van der Waals surface area contributed by atoms with E-state index in [0.29, 0.717) is 11.6 Å². The Morgan fingerprint density at radius 1 is 1.25 bits per heavy atom. The van der Waals surface area contributed by atoms with Gasteiger partial charge >= 0.3 is 0 Å². The molecule has 20 heavy (non-hydrogen) atoms. The monoisotopic (exact) mass is 268 g/mol. The van der Waals surface area contributed by atoms with E-state index in [9.17, 15) is 4.79 Å². The largest absolute Gasteiger partial charge is 0.298 e. The Balaban J connectivity index is 2.05. The highest BCUT2D eigenvalue weighted by atomic mass is 16.1. The lowest BCUT2D eigenvalue weighted by molar-refractivity contribution is 0.112. The SMILES string of the molecule is Cc1cc(C)cc(-c2nn(C(C)C3CC3)cc2C=O)c1. The highest BCUT2D eigenvalue weighted by Crippen LogP contribution is 2.39. The maximum absolute atomic E-state index is 11.3. The average molecular weight is 268 g/mol. The molecule has 1 fully saturated rings. The van der Waals surface area contributed by atoms with Crippen LogP contribution in [0.3, 0.4) is 0 Å². The first kappa shape index (κ1) is 13.1. The number of aromatic nitrogens is 2. The molecule has 1 aromatic carbocycles. The van der Waals surface area contributed by atoms with E-state index in [-0.39, 0.29) is 0 Å². The molecular formula is C17H20N2O. The van der Waals surface area contributed by atoms with Crippen molar-refractivity contribution in [2.24, 2.45) is 5.92 Å². The molecule has 3 heteroatoms. The molecule has 3 nitrogen and oxygen atoms in total. The highest BCUT2D eigenvalue weighted by molar-refractivity contribution is 5.85. The Hall–Kier alpha value is -1.90. The van der Waals surface area contributed by atoms with Crippen LogP contribution in [0.2, 0.25) is 0 Å². The summed E-state index contributed by atoms with van der Waals surface area (Å²) < 4.78 is 1.97. The van der Waals surface area contributed by atoms with Gasteiger partial charge in [0, 0.05) is 11.8 Å². The summed E-state index contributed by atoms with van der Waals surface area (Å²) in [5.41, 5.74) is 4.91. The Labute approximate surface area is 119 Å². The number of nitrogens with zero attached hydrogens (tertiary/aromatic N) is 2. The van der Waals surface area contributed by atoms with Crippen LogP contribution in [0, 0.1) is 19.8 Å². The zero-order valence-electron chi connectivity index (χ0n) is 12.3. The molecule has 0 spiro atoms. The van der Waals surface area contributed by atoms with Gasteiger partial charge in [0.25, 0.3) is 0 Å². The van der Waals surface area contributed by atoms with Gasteiger partial charge in [-0.05, 0) is 51.7 Å². The van der Waals surface area contributed by atoms with E-state index >= 15 is 0 Å². The number of aldehydes is 1. The molecule has 1 saturated carbocycles. The second kappa shape index (κ2) is 4.89. The molecule has 1 aromatic heterocycles. The predicted octanol–water partition coefficient (Wildman–Crippen LogP) is 3.95. The normalized spacial score (nSPS) is 16.1. The standard InChI is InChI=1S/C17H20N2O/c1-11-6-12(2)8-15(7-11)17-16(10-20)9-19(18-17)13(3)14-4-5-14/h6-10,13-14H,4-5H2,1-3H3. The van der Waals surface area contributed by atoms with E-state index < -0.39 is 0 Å². The molecule has 0 saturated heterocycles. The fourth-order valence-corrected chi connectivity index (χ4v) is 2.83. The van der Waals surface area contributed by atoms with Gasteiger partial charge in [0.15, 0.2) is 6.29 Å². The Morgan fingerprint density at radius 2 is 1.90 bits per heavy atom. The van der Waals surface area contributed by atoms with Gasteiger partial charge in [-0.15, -0.1) is 0 Å². The summed E-state index contributed by atoms with van der Waals surface area (Å²) in [6.45, 7) is 6.33. The minimum Gasteiger partial charge on any atom is -0.298 e. The Morgan fingerprint density at radius 3 is 2.45 bits per heavy atom. The maximum atomic E-state index is 11.3. The van der Waals surface area contributed by atoms with Crippen molar-refractivity contribution in [2.75, 3.05) is 0 Å². The summed E-state index contributed by atoms with van der Waals surface area (Å²) in [5, 5.41) is 4.68. The van der Waals surface area contributed by atoms with E-state index in [1.54, 1.807) is 0 Å². The smallest absolute Gasteiger partial charge is 0.153 e. The second-order valence-electron chi connectivity index (χ2n) is 5.99. The van der Waals surface area contributed by atoms with Crippen molar-refractivity contribution in [3.63, 3.8) is 0 Å². The van der Waals surface area contributed by atoms with Crippen molar-refractivity contribution >= 4 is 6.29 Å². The first-order valence-electron chi connectivity index (χ1n) is 7.21. The van der Waals surface area contributed by atoms with Crippen LogP contribution >= 0.6 is 0 Å². The minimum absolute atomic E-state index is 0.383. The van der Waals surface area contributed by atoms with Crippen LogP contribution in [-0.4, -0.2) is 16.1 Å². The van der Waals surface area contributed by atoms with Crippen molar-refractivity contribution in [1.82, 2.24) is 9.78 Å². The van der Waals surface area contributed by atoms with E-state index in [4.69, 9.17) is 0 Å². The lowest BCUT2D eigenvalue weighted by atomic mass is 10.0. The van der Waals surface area contributed by atoms with E-state index in [2.05, 4.69) is 44.1 Å². The third-order valence-electron chi connectivity index (χ3n) is 4.10. The van der Waals surface area contributed by atoms with Gasteiger partial charge in [-0.1, -0.05) is 17.2 Å². The molecule has 1 atom stereocenters. The Bertz CT molecular complexity index is 633. The van der Waals surface area contributed by atoms with Crippen LogP contribution in [0.25, 0.3) is 11.3 Å². The second-order valence-corrected chi connectivity index (χ2v) is 5.99. The van der Waals surface area contributed by atoms with Crippen LogP contribution in [-0.2, 0) is 0 Å². The molecule has 1 aliphatic rings. The average Bonchev–Trinajstić information content (AvgIpc) is 3.15. The fraction of sp³-hybridized carbons (Fsp3) is 0.412. The molecule has 0 radical (unpaired) electrons. The predicted molar refractivity (Wildman–Crippen MR) is 80.0 cm³/mol. The fourth-order valence-electron chi connectivity index (χ4n) is 2.83. The molecule has 1 unspecified atom stereocenters. The summed E-state index contributed by atoms with van der Waals surface area (Å²) in [6.07, 6.45) is 5.35. The summed E-state index contributed by atoms with van der Waals surface area (Å²) in [5.74, 6) is 0.724. The topological polar surface area (TPSA) is 34.9 Å². The molecule has 0 bridgehead atoms. The van der Waals surface area contributed by atoms with Gasteiger partial charge < -0.3 is 0 Å². The molecule has 3 rings (SSSR count). The van der Waals surface area contributed by atoms with E-state index in [1.807, 2.05) is 10.9 Å². The zero-order valence-corrected chi connectivity index (χ0v) is 12.3. The van der Waals surface area contributed by atoms with Crippen molar-refractivity contribution in [3.8, 4) is 11.3 Å². The molecule has 0 aliphatic heterocycles.